The minimum Gasteiger partial charge on any atom is -0.490 e. The molecular formula is C22H21BrN4O4. The zero-order valence-electron chi connectivity index (χ0n) is 17.0. The molecule has 0 saturated heterocycles. The lowest BCUT2D eigenvalue weighted by Crippen LogP contribution is -2.02. The van der Waals surface area contributed by atoms with Crippen molar-refractivity contribution in [3.8, 4) is 11.5 Å². The predicted octanol–water partition coefficient (Wildman–Crippen LogP) is 5.48. The highest BCUT2D eigenvalue weighted by molar-refractivity contribution is 9.10. The van der Waals surface area contributed by atoms with Crippen molar-refractivity contribution in [3.05, 3.63) is 86.0 Å². The van der Waals surface area contributed by atoms with Gasteiger partial charge >= 0.3 is 5.69 Å². The molecule has 0 aliphatic rings. The fraction of sp³-hybridized carbons (Fsp3) is 0.182. The monoisotopic (exact) mass is 484 g/mol. The van der Waals surface area contributed by atoms with Gasteiger partial charge in [0, 0.05) is 22.3 Å². The third-order valence-corrected chi connectivity index (χ3v) is 4.92. The molecule has 31 heavy (non-hydrogen) atoms. The number of hydrazone groups is 1. The molecule has 2 aromatic carbocycles. The van der Waals surface area contributed by atoms with Gasteiger partial charge in [-0.15, -0.1) is 0 Å². The summed E-state index contributed by atoms with van der Waals surface area (Å²) in [5.74, 6) is 1.23. The van der Waals surface area contributed by atoms with Crippen LogP contribution in [0, 0.1) is 17.0 Å². The van der Waals surface area contributed by atoms with Gasteiger partial charge < -0.3 is 9.47 Å². The molecule has 0 fully saturated rings. The Labute approximate surface area is 188 Å². The van der Waals surface area contributed by atoms with E-state index in [0.717, 1.165) is 10.0 Å². The summed E-state index contributed by atoms with van der Waals surface area (Å²) in [4.78, 5) is 14.5. The first-order valence-electron chi connectivity index (χ1n) is 9.51. The topological polar surface area (TPSA) is 98.9 Å². The first-order chi connectivity index (χ1) is 15.0. The fourth-order valence-corrected chi connectivity index (χ4v) is 3.09. The van der Waals surface area contributed by atoms with Crippen molar-refractivity contribution in [1.29, 1.82) is 0 Å². The van der Waals surface area contributed by atoms with E-state index in [9.17, 15) is 10.1 Å². The Morgan fingerprint density at radius 3 is 2.65 bits per heavy atom. The van der Waals surface area contributed by atoms with Crippen LogP contribution in [0.3, 0.4) is 0 Å². The quantitative estimate of drug-likeness (QED) is 0.245. The standard InChI is InChI=1S/C22H21BrN4O4/c1-3-30-20-11-17(13-25-26-22-19(27(28)29)5-4-10-24-22)18(23)12-21(20)31-14-16-8-6-15(2)7-9-16/h4-13H,3,14H2,1-2H3,(H,24,26). The summed E-state index contributed by atoms with van der Waals surface area (Å²) in [6.07, 6.45) is 2.98. The van der Waals surface area contributed by atoms with Crippen LogP contribution in [0.2, 0.25) is 0 Å². The van der Waals surface area contributed by atoms with Crippen molar-refractivity contribution in [2.75, 3.05) is 12.0 Å². The Hall–Kier alpha value is -3.46. The number of hydrogen-bond donors (Lipinski definition) is 1. The van der Waals surface area contributed by atoms with Crippen molar-refractivity contribution in [3.63, 3.8) is 0 Å². The Bertz CT molecular complexity index is 1090. The first-order valence-corrected chi connectivity index (χ1v) is 10.3. The van der Waals surface area contributed by atoms with Gasteiger partial charge in [-0.3, -0.25) is 15.5 Å². The molecule has 0 unspecified atom stereocenters. The van der Waals surface area contributed by atoms with E-state index in [4.69, 9.17) is 9.47 Å². The first kappa shape index (κ1) is 22.2. The lowest BCUT2D eigenvalue weighted by Gasteiger charge is -2.14. The number of nitro groups is 1. The molecule has 8 nitrogen and oxygen atoms in total. The Morgan fingerprint density at radius 1 is 1.19 bits per heavy atom. The van der Waals surface area contributed by atoms with Crippen molar-refractivity contribution in [2.45, 2.75) is 20.5 Å². The maximum Gasteiger partial charge on any atom is 0.313 e. The normalized spacial score (nSPS) is 10.8. The van der Waals surface area contributed by atoms with Crippen molar-refractivity contribution in [2.24, 2.45) is 5.10 Å². The van der Waals surface area contributed by atoms with Crippen LogP contribution >= 0.6 is 15.9 Å². The highest BCUT2D eigenvalue weighted by atomic mass is 79.9. The molecule has 160 valence electrons. The summed E-state index contributed by atoms with van der Waals surface area (Å²) in [6.45, 7) is 4.81. The summed E-state index contributed by atoms with van der Waals surface area (Å²) in [6, 6.07) is 14.6. The van der Waals surface area contributed by atoms with E-state index in [1.807, 2.05) is 44.2 Å². The van der Waals surface area contributed by atoms with E-state index < -0.39 is 4.92 Å². The van der Waals surface area contributed by atoms with Crippen LogP contribution in [-0.4, -0.2) is 22.7 Å². The molecule has 1 aromatic heterocycles. The maximum absolute atomic E-state index is 11.1. The van der Waals surface area contributed by atoms with E-state index in [-0.39, 0.29) is 11.5 Å². The lowest BCUT2D eigenvalue weighted by molar-refractivity contribution is -0.384. The van der Waals surface area contributed by atoms with E-state index in [0.29, 0.717) is 30.3 Å². The Balaban J connectivity index is 1.77. The number of hydrogen-bond acceptors (Lipinski definition) is 7. The molecule has 3 aromatic rings. The van der Waals surface area contributed by atoms with E-state index >= 15 is 0 Å². The number of nitrogens with zero attached hydrogens (tertiary/aromatic N) is 3. The van der Waals surface area contributed by atoms with Crippen LogP contribution in [0.25, 0.3) is 0 Å². The molecule has 9 heteroatoms. The second-order valence-corrected chi connectivity index (χ2v) is 7.38. The van der Waals surface area contributed by atoms with Gasteiger partial charge in [-0.1, -0.05) is 29.8 Å². The van der Waals surface area contributed by atoms with Crippen LogP contribution in [-0.2, 0) is 6.61 Å². The third kappa shape index (κ3) is 6.02. The number of nitrogens with one attached hydrogen (secondary N) is 1. The van der Waals surface area contributed by atoms with E-state index in [1.54, 1.807) is 6.07 Å². The Kier molecular flexibility index (Phi) is 7.55. The molecule has 1 N–H and O–H groups in total. The molecule has 0 amide bonds. The van der Waals surface area contributed by atoms with Gasteiger partial charge in [0.05, 0.1) is 17.7 Å². The molecule has 3 rings (SSSR count). The lowest BCUT2D eigenvalue weighted by atomic mass is 10.2. The summed E-state index contributed by atoms with van der Waals surface area (Å²) in [7, 11) is 0. The van der Waals surface area contributed by atoms with Crippen molar-refractivity contribution < 1.29 is 14.4 Å². The van der Waals surface area contributed by atoms with Crippen LogP contribution in [0.5, 0.6) is 11.5 Å². The van der Waals surface area contributed by atoms with Crippen LogP contribution in [0.4, 0.5) is 11.5 Å². The molecular weight excluding hydrogens is 464 g/mol. The van der Waals surface area contributed by atoms with Gasteiger partial charge in [0.1, 0.15) is 6.61 Å². The van der Waals surface area contributed by atoms with Crippen molar-refractivity contribution >= 4 is 33.6 Å². The molecule has 0 radical (unpaired) electrons. The molecule has 0 aliphatic carbocycles. The average molecular weight is 485 g/mol. The second-order valence-electron chi connectivity index (χ2n) is 6.53. The summed E-state index contributed by atoms with van der Waals surface area (Å²) >= 11 is 3.51. The zero-order chi connectivity index (χ0) is 22.2. The number of ether oxygens (including phenoxy) is 2. The van der Waals surface area contributed by atoms with Gasteiger partial charge in [-0.25, -0.2) is 4.98 Å². The highest BCUT2D eigenvalue weighted by Gasteiger charge is 2.14. The van der Waals surface area contributed by atoms with E-state index in [2.05, 4.69) is 31.4 Å². The largest absolute Gasteiger partial charge is 0.490 e. The smallest absolute Gasteiger partial charge is 0.313 e. The predicted molar refractivity (Wildman–Crippen MR) is 123 cm³/mol. The average Bonchev–Trinajstić information content (AvgIpc) is 2.76. The second kappa shape index (κ2) is 10.5. The van der Waals surface area contributed by atoms with Gasteiger partial charge in [-0.05, 0) is 53.5 Å². The third-order valence-electron chi connectivity index (χ3n) is 4.24. The number of pyridine rings is 1. The van der Waals surface area contributed by atoms with Gasteiger partial charge in [0.15, 0.2) is 11.5 Å². The summed E-state index contributed by atoms with van der Waals surface area (Å²) < 4.78 is 12.4. The number of benzene rings is 2. The van der Waals surface area contributed by atoms with Crippen LogP contribution < -0.4 is 14.9 Å². The number of halogens is 1. The molecule has 0 aliphatic heterocycles. The molecule has 0 bridgehead atoms. The van der Waals surface area contributed by atoms with Gasteiger partial charge in [0.25, 0.3) is 0 Å². The molecule has 0 atom stereocenters. The highest BCUT2D eigenvalue weighted by Crippen LogP contribution is 2.34. The summed E-state index contributed by atoms with van der Waals surface area (Å²) in [5, 5.41) is 15.2. The van der Waals surface area contributed by atoms with Gasteiger partial charge in [0.2, 0.25) is 5.82 Å². The SMILES string of the molecule is CCOc1cc(C=NNc2ncccc2[N+](=O)[O-])c(Br)cc1OCc1ccc(C)cc1. The van der Waals surface area contributed by atoms with Crippen molar-refractivity contribution in [1.82, 2.24) is 4.98 Å². The van der Waals surface area contributed by atoms with E-state index in [1.165, 1.54) is 30.1 Å². The fourth-order valence-electron chi connectivity index (χ4n) is 2.67. The number of rotatable bonds is 9. The summed E-state index contributed by atoms with van der Waals surface area (Å²) in [5.41, 5.74) is 5.40. The van der Waals surface area contributed by atoms with Crippen LogP contribution in [0.1, 0.15) is 23.6 Å². The Morgan fingerprint density at radius 2 is 1.94 bits per heavy atom. The maximum atomic E-state index is 11.1. The minimum absolute atomic E-state index is 0.0583. The van der Waals surface area contributed by atoms with Gasteiger partial charge in [-0.2, -0.15) is 5.10 Å². The number of aryl methyl sites for hydroxylation is 1. The zero-order valence-corrected chi connectivity index (χ0v) is 18.6. The number of aromatic nitrogens is 1. The number of anilines is 1. The minimum atomic E-state index is -0.520. The molecule has 1 heterocycles. The molecule has 0 saturated carbocycles. The van der Waals surface area contributed by atoms with Crippen LogP contribution in [0.15, 0.2) is 64.3 Å². The molecule has 0 spiro atoms.